The monoisotopic (exact) mass is 213 g/mol. The minimum Gasteiger partial charge on any atom is -0.293 e. The molecule has 1 aliphatic heterocycles. The molecule has 0 spiro atoms. The summed E-state index contributed by atoms with van der Waals surface area (Å²) in [5, 5.41) is 0. The van der Waals surface area contributed by atoms with Crippen LogP contribution < -0.4 is 11.3 Å². The van der Waals surface area contributed by atoms with Crippen LogP contribution in [0.25, 0.3) is 0 Å². The van der Waals surface area contributed by atoms with Crippen LogP contribution in [0.1, 0.15) is 40.0 Å². The normalized spacial score (nSPS) is 23.5. The Morgan fingerprint density at radius 2 is 2.07 bits per heavy atom. The van der Waals surface area contributed by atoms with E-state index in [0.717, 1.165) is 25.4 Å². The lowest BCUT2D eigenvalue weighted by molar-refractivity contribution is -0.134. The molecule has 0 aromatic carbocycles. The molecule has 0 saturated carbocycles. The van der Waals surface area contributed by atoms with Gasteiger partial charge in [-0.2, -0.15) is 0 Å². The first-order chi connectivity index (χ1) is 7.04. The number of hydrazine groups is 1. The second kappa shape index (κ2) is 4.94. The first-order valence-corrected chi connectivity index (χ1v) is 5.80. The molecule has 1 rings (SSSR count). The lowest BCUT2D eigenvalue weighted by Gasteiger charge is -2.42. The third kappa shape index (κ3) is 2.49. The number of amides is 1. The highest BCUT2D eigenvalue weighted by atomic mass is 16.2. The first-order valence-electron chi connectivity index (χ1n) is 5.80. The van der Waals surface area contributed by atoms with Crippen LogP contribution in [0, 0.1) is 5.92 Å². The van der Waals surface area contributed by atoms with E-state index in [-0.39, 0.29) is 5.91 Å². The molecule has 15 heavy (non-hydrogen) atoms. The average molecular weight is 213 g/mol. The Morgan fingerprint density at radius 1 is 1.53 bits per heavy atom. The summed E-state index contributed by atoms with van der Waals surface area (Å²) in [6.45, 7) is 8.28. The van der Waals surface area contributed by atoms with E-state index >= 15 is 0 Å². The number of rotatable bonds is 3. The number of hydrogen-bond donors (Lipinski definition) is 2. The molecule has 4 heteroatoms. The molecule has 1 fully saturated rings. The topological polar surface area (TPSA) is 58.4 Å². The van der Waals surface area contributed by atoms with E-state index in [1.54, 1.807) is 0 Å². The van der Waals surface area contributed by atoms with Crippen molar-refractivity contribution in [3.05, 3.63) is 0 Å². The molecular formula is C11H23N3O. The molecule has 0 unspecified atom stereocenters. The van der Waals surface area contributed by atoms with E-state index in [2.05, 4.69) is 17.2 Å². The second-order valence-corrected chi connectivity index (χ2v) is 4.77. The maximum atomic E-state index is 11.8. The number of hydrogen-bond acceptors (Lipinski definition) is 3. The number of nitrogens with zero attached hydrogens (tertiary/aromatic N) is 1. The quantitative estimate of drug-likeness (QED) is 0.415. The van der Waals surface area contributed by atoms with Crippen molar-refractivity contribution in [3.63, 3.8) is 0 Å². The van der Waals surface area contributed by atoms with Gasteiger partial charge in [0.05, 0.1) is 5.54 Å². The van der Waals surface area contributed by atoms with E-state index in [4.69, 9.17) is 5.84 Å². The van der Waals surface area contributed by atoms with Crippen LogP contribution in [-0.4, -0.2) is 29.4 Å². The van der Waals surface area contributed by atoms with E-state index in [0.29, 0.717) is 0 Å². The molecule has 0 radical (unpaired) electrons. The Morgan fingerprint density at radius 3 is 2.47 bits per heavy atom. The van der Waals surface area contributed by atoms with Crippen molar-refractivity contribution in [2.75, 3.05) is 13.1 Å². The van der Waals surface area contributed by atoms with Crippen molar-refractivity contribution in [3.8, 4) is 0 Å². The molecule has 0 aromatic rings. The fourth-order valence-electron chi connectivity index (χ4n) is 2.19. The third-order valence-electron chi connectivity index (χ3n) is 3.79. The number of nitrogens with two attached hydrogens (primary N) is 1. The zero-order valence-corrected chi connectivity index (χ0v) is 10.0. The van der Waals surface area contributed by atoms with Gasteiger partial charge in [-0.1, -0.05) is 13.8 Å². The molecule has 1 atom stereocenters. The summed E-state index contributed by atoms with van der Waals surface area (Å²) in [6.07, 6.45) is 3.14. The van der Waals surface area contributed by atoms with Crippen molar-refractivity contribution in [1.29, 1.82) is 0 Å². The van der Waals surface area contributed by atoms with Crippen LogP contribution in [0.4, 0.5) is 0 Å². The molecule has 4 nitrogen and oxygen atoms in total. The zero-order valence-electron chi connectivity index (χ0n) is 10.0. The van der Waals surface area contributed by atoms with Crippen molar-refractivity contribution in [1.82, 2.24) is 10.3 Å². The molecule has 0 aromatic heterocycles. The average Bonchev–Trinajstić information content (AvgIpc) is 2.27. The third-order valence-corrected chi connectivity index (χ3v) is 3.79. The van der Waals surface area contributed by atoms with Gasteiger partial charge in [-0.3, -0.25) is 15.1 Å². The van der Waals surface area contributed by atoms with Gasteiger partial charge in [0.15, 0.2) is 0 Å². The summed E-state index contributed by atoms with van der Waals surface area (Å²) in [4.78, 5) is 14.0. The summed E-state index contributed by atoms with van der Waals surface area (Å²) in [5.41, 5.74) is 1.85. The summed E-state index contributed by atoms with van der Waals surface area (Å²) in [7, 11) is 0. The van der Waals surface area contributed by atoms with Gasteiger partial charge in [-0.05, 0) is 45.2 Å². The zero-order chi connectivity index (χ0) is 11.5. The Bertz CT molecular complexity index is 224. The van der Waals surface area contributed by atoms with Gasteiger partial charge in [-0.25, -0.2) is 5.84 Å². The SMILES string of the molecule is CC[C@](C)(C(=O)NN)N1CCC(C)CC1. The maximum Gasteiger partial charge on any atom is 0.254 e. The van der Waals surface area contributed by atoms with Crippen LogP contribution in [0.15, 0.2) is 0 Å². The molecular weight excluding hydrogens is 190 g/mol. The van der Waals surface area contributed by atoms with Crippen molar-refractivity contribution in [2.24, 2.45) is 11.8 Å². The van der Waals surface area contributed by atoms with Gasteiger partial charge in [0, 0.05) is 0 Å². The fourth-order valence-corrected chi connectivity index (χ4v) is 2.19. The molecule has 1 aliphatic rings. The smallest absolute Gasteiger partial charge is 0.254 e. The Labute approximate surface area is 92.2 Å². The number of nitrogens with one attached hydrogen (secondary N) is 1. The summed E-state index contributed by atoms with van der Waals surface area (Å²) < 4.78 is 0. The fraction of sp³-hybridized carbons (Fsp3) is 0.909. The number of carbonyl (C=O) groups is 1. The molecule has 88 valence electrons. The second-order valence-electron chi connectivity index (χ2n) is 4.77. The van der Waals surface area contributed by atoms with Crippen molar-refractivity contribution < 1.29 is 4.79 Å². The Kier molecular flexibility index (Phi) is 4.11. The van der Waals surface area contributed by atoms with E-state index < -0.39 is 5.54 Å². The summed E-state index contributed by atoms with van der Waals surface area (Å²) in [5.74, 6) is 5.95. The van der Waals surface area contributed by atoms with Crippen LogP contribution in [0.3, 0.4) is 0 Å². The van der Waals surface area contributed by atoms with Crippen molar-refractivity contribution in [2.45, 2.75) is 45.6 Å². The van der Waals surface area contributed by atoms with Gasteiger partial charge in [0.1, 0.15) is 0 Å². The number of carbonyl (C=O) groups excluding carboxylic acids is 1. The van der Waals surface area contributed by atoms with Gasteiger partial charge in [-0.15, -0.1) is 0 Å². The van der Waals surface area contributed by atoms with Crippen LogP contribution in [-0.2, 0) is 4.79 Å². The lowest BCUT2D eigenvalue weighted by atomic mass is 9.90. The first kappa shape index (κ1) is 12.5. The maximum absolute atomic E-state index is 11.8. The van der Waals surface area contributed by atoms with Gasteiger partial charge < -0.3 is 0 Å². The van der Waals surface area contributed by atoms with E-state index in [9.17, 15) is 4.79 Å². The highest BCUT2D eigenvalue weighted by Gasteiger charge is 2.38. The Balaban J connectivity index is 2.69. The minimum absolute atomic E-state index is 0.0699. The molecule has 0 bridgehead atoms. The number of piperidine rings is 1. The minimum atomic E-state index is -0.436. The Hall–Kier alpha value is -0.610. The summed E-state index contributed by atoms with van der Waals surface area (Å²) >= 11 is 0. The predicted molar refractivity (Wildman–Crippen MR) is 61.0 cm³/mol. The highest BCUT2D eigenvalue weighted by Crippen LogP contribution is 2.26. The molecule has 1 amide bonds. The molecule has 0 aliphatic carbocycles. The van der Waals surface area contributed by atoms with Gasteiger partial charge >= 0.3 is 0 Å². The standard InChI is InChI=1S/C11H23N3O/c1-4-11(3,10(15)13-12)14-7-5-9(2)6-8-14/h9H,4-8,12H2,1-3H3,(H,13,15)/t11-/m1/s1. The van der Waals surface area contributed by atoms with Crippen LogP contribution in [0.5, 0.6) is 0 Å². The number of likely N-dealkylation sites (tertiary alicyclic amines) is 1. The van der Waals surface area contributed by atoms with Gasteiger partial charge in [0.2, 0.25) is 0 Å². The summed E-state index contributed by atoms with van der Waals surface area (Å²) in [6, 6.07) is 0. The van der Waals surface area contributed by atoms with Crippen molar-refractivity contribution >= 4 is 5.91 Å². The van der Waals surface area contributed by atoms with Gasteiger partial charge in [0.25, 0.3) is 5.91 Å². The van der Waals surface area contributed by atoms with Crippen LogP contribution in [0.2, 0.25) is 0 Å². The molecule has 3 N–H and O–H groups in total. The van der Waals surface area contributed by atoms with E-state index in [1.165, 1.54) is 12.8 Å². The highest BCUT2D eigenvalue weighted by molar-refractivity contribution is 5.85. The predicted octanol–water partition coefficient (Wildman–Crippen LogP) is 0.877. The van der Waals surface area contributed by atoms with E-state index in [1.807, 2.05) is 13.8 Å². The molecule has 1 heterocycles. The molecule has 1 saturated heterocycles. The lowest BCUT2D eigenvalue weighted by Crippen LogP contribution is -2.59. The largest absolute Gasteiger partial charge is 0.293 e. The van der Waals surface area contributed by atoms with Crippen LogP contribution >= 0.6 is 0 Å².